The lowest BCUT2D eigenvalue weighted by Gasteiger charge is -2.06. The molecule has 19 heavy (non-hydrogen) atoms. The molecule has 0 aromatic heterocycles. The fourth-order valence-electron chi connectivity index (χ4n) is 1.29. The van der Waals surface area contributed by atoms with Crippen molar-refractivity contribution in [2.24, 2.45) is 0 Å². The van der Waals surface area contributed by atoms with Gasteiger partial charge in [0, 0.05) is 5.57 Å². The van der Waals surface area contributed by atoms with Crippen molar-refractivity contribution >= 4 is 11.9 Å². The summed E-state index contributed by atoms with van der Waals surface area (Å²) in [5.74, 6) is -0.963. The Labute approximate surface area is 115 Å². The standard InChI is InChI=1S/C15H24O4/c1-5-7-8-9-10-18-15(17)13(6-2)11-19-14(16)12(3)4/h11H,3,5-10H2,1-2,4H3/b13-11+. The molecule has 0 heterocycles. The van der Waals surface area contributed by atoms with Crippen molar-refractivity contribution in [1.82, 2.24) is 0 Å². The average Bonchev–Trinajstić information content (AvgIpc) is 2.38. The van der Waals surface area contributed by atoms with E-state index in [2.05, 4.69) is 13.5 Å². The highest BCUT2D eigenvalue weighted by atomic mass is 16.5. The number of hydrogen-bond donors (Lipinski definition) is 0. The lowest BCUT2D eigenvalue weighted by Crippen LogP contribution is -2.10. The molecule has 0 unspecified atom stereocenters. The highest BCUT2D eigenvalue weighted by molar-refractivity contribution is 5.90. The summed E-state index contributed by atoms with van der Waals surface area (Å²) in [4.78, 5) is 22.9. The van der Waals surface area contributed by atoms with E-state index < -0.39 is 11.9 Å². The summed E-state index contributed by atoms with van der Waals surface area (Å²) in [5, 5.41) is 0. The third-order valence-corrected chi connectivity index (χ3v) is 2.53. The van der Waals surface area contributed by atoms with Crippen LogP contribution in [0.3, 0.4) is 0 Å². The summed E-state index contributed by atoms with van der Waals surface area (Å²) in [6.45, 7) is 9.35. The average molecular weight is 268 g/mol. The van der Waals surface area contributed by atoms with Crippen LogP contribution in [0.2, 0.25) is 0 Å². The number of rotatable bonds is 9. The maximum atomic E-state index is 11.7. The van der Waals surface area contributed by atoms with E-state index >= 15 is 0 Å². The number of carbonyl (C=O) groups excluding carboxylic acids is 2. The van der Waals surface area contributed by atoms with Crippen molar-refractivity contribution in [2.75, 3.05) is 6.61 Å². The minimum atomic E-state index is -0.540. The maximum Gasteiger partial charge on any atom is 0.337 e. The maximum absolute atomic E-state index is 11.7. The topological polar surface area (TPSA) is 52.6 Å². The normalized spacial score (nSPS) is 11.0. The Hall–Kier alpha value is -1.58. The molecule has 4 heteroatoms. The van der Waals surface area contributed by atoms with Crippen LogP contribution in [-0.2, 0) is 19.1 Å². The predicted octanol–water partition coefficient (Wildman–Crippen LogP) is 3.52. The molecule has 0 radical (unpaired) electrons. The lowest BCUT2D eigenvalue weighted by atomic mass is 10.2. The Morgan fingerprint density at radius 2 is 1.79 bits per heavy atom. The van der Waals surface area contributed by atoms with Crippen LogP contribution in [0.5, 0.6) is 0 Å². The van der Waals surface area contributed by atoms with Crippen molar-refractivity contribution in [3.05, 3.63) is 24.0 Å². The zero-order chi connectivity index (χ0) is 14.7. The summed E-state index contributed by atoms with van der Waals surface area (Å²) >= 11 is 0. The molecular formula is C15H24O4. The van der Waals surface area contributed by atoms with Crippen molar-refractivity contribution in [3.63, 3.8) is 0 Å². The summed E-state index contributed by atoms with van der Waals surface area (Å²) < 4.78 is 9.93. The summed E-state index contributed by atoms with van der Waals surface area (Å²) in [7, 11) is 0. The van der Waals surface area contributed by atoms with Gasteiger partial charge in [-0.1, -0.05) is 39.7 Å². The van der Waals surface area contributed by atoms with Crippen LogP contribution in [0.15, 0.2) is 24.0 Å². The Morgan fingerprint density at radius 1 is 1.11 bits per heavy atom. The molecule has 0 aromatic rings. The molecule has 0 amide bonds. The van der Waals surface area contributed by atoms with Gasteiger partial charge in [0.25, 0.3) is 0 Å². The summed E-state index contributed by atoms with van der Waals surface area (Å²) in [6, 6.07) is 0. The van der Waals surface area contributed by atoms with E-state index in [4.69, 9.17) is 9.47 Å². The second kappa shape index (κ2) is 10.4. The number of hydrogen-bond acceptors (Lipinski definition) is 4. The Bertz CT molecular complexity index is 342. The third-order valence-electron chi connectivity index (χ3n) is 2.53. The fraction of sp³-hybridized carbons (Fsp3) is 0.600. The zero-order valence-corrected chi connectivity index (χ0v) is 12.2. The van der Waals surface area contributed by atoms with Gasteiger partial charge in [0.2, 0.25) is 0 Å². The highest BCUT2D eigenvalue weighted by Crippen LogP contribution is 2.07. The predicted molar refractivity (Wildman–Crippen MR) is 74.4 cm³/mol. The van der Waals surface area contributed by atoms with Gasteiger partial charge >= 0.3 is 11.9 Å². The molecule has 0 aliphatic rings. The quantitative estimate of drug-likeness (QED) is 0.278. The van der Waals surface area contributed by atoms with E-state index in [1.165, 1.54) is 0 Å². The number of esters is 2. The minimum Gasteiger partial charge on any atom is -0.462 e. The molecule has 0 saturated heterocycles. The first-order valence-electron chi connectivity index (χ1n) is 6.75. The molecule has 0 spiro atoms. The van der Waals surface area contributed by atoms with Gasteiger partial charge in [-0.15, -0.1) is 0 Å². The molecule has 0 aliphatic heterocycles. The molecule has 0 bridgehead atoms. The van der Waals surface area contributed by atoms with Crippen LogP contribution in [0.1, 0.15) is 52.9 Å². The van der Waals surface area contributed by atoms with E-state index in [-0.39, 0.29) is 0 Å². The van der Waals surface area contributed by atoms with Crippen molar-refractivity contribution < 1.29 is 19.1 Å². The molecule has 108 valence electrons. The first-order valence-corrected chi connectivity index (χ1v) is 6.75. The molecular weight excluding hydrogens is 244 g/mol. The van der Waals surface area contributed by atoms with E-state index in [1.807, 2.05) is 0 Å². The second-order valence-corrected chi connectivity index (χ2v) is 4.38. The summed E-state index contributed by atoms with van der Waals surface area (Å²) in [5.41, 5.74) is 0.643. The summed E-state index contributed by atoms with van der Waals surface area (Å²) in [6.07, 6.45) is 5.82. The van der Waals surface area contributed by atoms with Gasteiger partial charge in [-0.05, 0) is 19.8 Å². The zero-order valence-electron chi connectivity index (χ0n) is 12.2. The van der Waals surface area contributed by atoms with Gasteiger partial charge in [-0.3, -0.25) is 0 Å². The van der Waals surface area contributed by atoms with Crippen LogP contribution in [0, 0.1) is 0 Å². The van der Waals surface area contributed by atoms with Crippen LogP contribution in [0.25, 0.3) is 0 Å². The molecule has 0 fully saturated rings. The van der Waals surface area contributed by atoms with E-state index in [1.54, 1.807) is 13.8 Å². The van der Waals surface area contributed by atoms with E-state index in [9.17, 15) is 9.59 Å². The van der Waals surface area contributed by atoms with Crippen LogP contribution >= 0.6 is 0 Å². The van der Waals surface area contributed by atoms with E-state index in [0.717, 1.165) is 31.9 Å². The molecule has 0 N–H and O–H groups in total. The number of unbranched alkanes of at least 4 members (excludes halogenated alkanes) is 3. The minimum absolute atomic E-state index is 0.291. The van der Waals surface area contributed by atoms with Crippen molar-refractivity contribution in [2.45, 2.75) is 52.9 Å². The van der Waals surface area contributed by atoms with E-state index in [0.29, 0.717) is 24.2 Å². The smallest absolute Gasteiger partial charge is 0.337 e. The number of ether oxygens (including phenoxy) is 2. The molecule has 0 rings (SSSR count). The highest BCUT2D eigenvalue weighted by Gasteiger charge is 2.11. The first-order chi connectivity index (χ1) is 9.02. The third kappa shape index (κ3) is 8.19. The second-order valence-electron chi connectivity index (χ2n) is 4.38. The first kappa shape index (κ1) is 17.4. The van der Waals surface area contributed by atoms with Gasteiger partial charge in [0.05, 0.1) is 12.2 Å². The Balaban J connectivity index is 4.13. The lowest BCUT2D eigenvalue weighted by molar-refractivity contribution is -0.139. The SMILES string of the molecule is C=C(C)C(=O)O/C=C(\CC)C(=O)OCCCCCC. The van der Waals surface area contributed by atoms with Gasteiger partial charge in [0.1, 0.15) is 6.26 Å². The molecule has 0 aliphatic carbocycles. The van der Waals surface area contributed by atoms with Gasteiger partial charge < -0.3 is 9.47 Å². The van der Waals surface area contributed by atoms with Gasteiger partial charge in [-0.25, -0.2) is 9.59 Å². The largest absolute Gasteiger partial charge is 0.462 e. The van der Waals surface area contributed by atoms with Crippen LogP contribution < -0.4 is 0 Å². The fourth-order valence-corrected chi connectivity index (χ4v) is 1.29. The van der Waals surface area contributed by atoms with Crippen molar-refractivity contribution in [3.8, 4) is 0 Å². The Morgan fingerprint density at radius 3 is 2.32 bits per heavy atom. The van der Waals surface area contributed by atoms with Crippen LogP contribution in [-0.4, -0.2) is 18.5 Å². The number of carbonyl (C=O) groups is 2. The van der Waals surface area contributed by atoms with Gasteiger partial charge in [0.15, 0.2) is 0 Å². The van der Waals surface area contributed by atoms with Gasteiger partial charge in [-0.2, -0.15) is 0 Å². The molecule has 0 atom stereocenters. The Kier molecular flexibility index (Phi) is 9.49. The molecule has 0 saturated carbocycles. The molecule has 4 nitrogen and oxygen atoms in total. The molecule has 0 aromatic carbocycles. The van der Waals surface area contributed by atoms with Crippen LogP contribution in [0.4, 0.5) is 0 Å². The monoisotopic (exact) mass is 268 g/mol. The van der Waals surface area contributed by atoms with Crippen molar-refractivity contribution in [1.29, 1.82) is 0 Å².